The molecule has 0 aliphatic heterocycles. The van der Waals surface area contributed by atoms with E-state index in [2.05, 4.69) is 5.10 Å². The lowest BCUT2D eigenvalue weighted by molar-refractivity contribution is 0.284. The van der Waals surface area contributed by atoms with Gasteiger partial charge in [-0.15, -0.1) is 0 Å². The summed E-state index contributed by atoms with van der Waals surface area (Å²) in [5.41, 5.74) is 2.12. The van der Waals surface area contributed by atoms with E-state index in [0.717, 1.165) is 22.7 Å². The van der Waals surface area contributed by atoms with E-state index in [9.17, 15) is 0 Å². The summed E-state index contributed by atoms with van der Waals surface area (Å²) < 4.78 is 12.9. The second-order valence-electron chi connectivity index (χ2n) is 4.56. The van der Waals surface area contributed by atoms with Gasteiger partial charge in [0.05, 0.1) is 12.8 Å². The summed E-state index contributed by atoms with van der Waals surface area (Å²) in [6, 6.07) is 17.6. The molecule has 0 radical (unpaired) electrons. The highest BCUT2D eigenvalue weighted by atomic mass is 16.5. The molecule has 106 valence electrons. The van der Waals surface area contributed by atoms with Gasteiger partial charge in [-0.3, -0.25) is 0 Å². The van der Waals surface area contributed by atoms with Crippen molar-refractivity contribution in [1.82, 2.24) is 9.78 Å². The molecule has 0 aliphatic rings. The number of nitrogens with zero attached hydrogens (tertiary/aromatic N) is 2. The van der Waals surface area contributed by atoms with Crippen molar-refractivity contribution < 1.29 is 9.47 Å². The van der Waals surface area contributed by atoms with Crippen LogP contribution in [0.25, 0.3) is 5.69 Å². The maximum Gasteiger partial charge on any atom is 0.161 e. The van der Waals surface area contributed by atoms with Gasteiger partial charge < -0.3 is 9.47 Å². The van der Waals surface area contributed by atoms with E-state index in [0.29, 0.717) is 6.61 Å². The molecule has 3 aromatic rings. The number of ether oxygens (including phenoxy) is 2. The number of hydrogen-bond acceptors (Lipinski definition) is 3. The summed E-state index contributed by atoms with van der Waals surface area (Å²) >= 11 is 0. The van der Waals surface area contributed by atoms with Gasteiger partial charge in [-0.25, -0.2) is 4.68 Å². The second-order valence-corrected chi connectivity index (χ2v) is 4.56. The fourth-order valence-corrected chi connectivity index (χ4v) is 2.07. The predicted molar refractivity (Wildman–Crippen MR) is 80.9 cm³/mol. The molecule has 0 amide bonds. The highest BCUT2D eigenvalue weighted by molar-refractivity contribution is 5.40. The maximum absolute atomic E-state index is 5.80. The number of benzene rings is 2. The van der Waals surface area contributed by atoms with Crippen LogP contribution >= 0.6 is 0 Å². The molecule has 0 N–H and O–H groups in total. The van der Waals surface area contributed by atoms with Gasteiger partial charge in [0.15, 0.2) is 11.5 Å². The summed E-state index contributed by atoms with van der Waals surface area (Å²) in [7, 11) is 1.64. The molecule has 0 fully saturated rings. The minimum atomic E-state index is 0.500. The summed E-state index contributed by atoms with van der Waals surface area (Å²) in [4.78, 5) is 0. The van der Waals surface area contributed by atoms with Crippen molar-refractivity contribution >= 4 is 0 Å². The molecule has 0 spiro atoms. The first-order valence-electron chi connectivity index (χ1n) is 6.71. The van der Waals surface area contributed by atoms with Crippen molar-refractivity contribution in [2.75, 3.05) is 7.11 Å². The standard InChI is InChI=1S/C17H16N2O2/c1-20-16-5-2-3-6-17(16)21-13-14-7-9-15(10-8-14)19-12-4-11-18-19/h2-12H,13H2,1H3. The zero-order valence-electron chi connectivity index (χ0n) is 11.8. The van der Waals surface area contributed by atoms with Crippen molar-refractivity contribution in [3.8, 4) is 17.2 Å². The SMILES string of the molecule is COc1ccccc1OCc1ccc(-n2cccn2)cc1. The van der Waals surface area contributed by atoms with E-state index in [4.69, 9.17) is 9.47 Å². The van der Waals surface area contributed by atoms with Crippen molar-refractivity contribution in [2.24, 2.45) is 0 Å². The Morgan fingerprint density at radius 3 is 2.38 bits per heavy atom. The van der Waals surface area contributed by atoms with E-state index < -0.39 is 0 Å². The highest BCUT2D eigenvalue weighted by Gasteiger charge is 2.03. The normalized spacial score (nSPS) is 10.3. The fourth-order valence-electron chi connectivity index (χ4n) is 2.07. The molecule has 3 rings (SSSR count). The van der Waals surface area contributed by atoms with Crippen molar-refractivity contribution in [3.63, 3.8) is 0 Å². The molecule has 4 heteroatoms. The first-order chi connectivity index (χ1) is 10.4. The third kappa shape index (κ3) is 3.05. The van der Waals surface area contributed by atoms with E-state index in [1.54, 1.807) is 13.3 Å². The van der Waals surface area contributed by atoms with Gasteiger partial charge in [0.25, 0.3) is 0 Å². The smallest absolute Gasteiger partial charge is 0.161 e. The first-order valence-corrected chi connectivity index (χ1v) is 6.71. The lowest BCUT2D eigenvalue weighted by Crippen LogP contribution is -1.99. The van der Waals surface area contributed by atoms with Gasteiger partial charge in [0.2, 0.25) is 0 Å². The Morgan fingerprint density at radius 2 is 1.71 bits per heavy atom. The summed E-state index contributed by atoms with van der Waals surface area (Å²) in [5, 5.41) is 4.20. The fraction of sp³-hybridized carbons (Fsp3) is 0.118. The number of para-hydroxylation sites is 2. The average molecular weight is 280 g/mol. The average Bonchev–Trinajstić information content (AvgIpc) is 3.08. The van der Waals surface area contributed by atoms with Gasteiger partial charge >= 0.3 is 0 Å². The topological polar surface area (TPSA) is 36.3 Å². The molecule has 0 saturated heterocycles. The van der Waals surface area contributed by atoms with Crippen LogP contribution in [0.3, 0.4) is 0 Å². The van der Waals surface area contributed by atoms with Gasteiger partial charge in [-0.05, 0) is 35.9 Å². The molecular formula is C17H16N2O2. The molecule has 4 nitrogen and oxygen atoms in total. The van der Waals surface area contributed by atoms with E-state index in [-0.39, 0.29) is 0 Å². The van der Waals surface area contributed by atoms with E-state index in [1.165, 1.54) is 0 Å². The third-order valence-corrected chi connectivity index (χ3v) is 3.17. The Morgan fingerprint density at radius 1 is 0.952 bits per heavy atom. The number of hydrogen-bond donors (Lipinski definition) is 0. The molecular weight excluding hydrogens is 264 g/mol. The zero-order valence-corrected chi connectivity index (χ0v) is 11.8. The van der Waals surface area contributed by atoms with E-state index in [1.807, 2.05) is 65.5 Å². The number of methoxy groups -OCH3 is 1. The molecule has 21 heavy (non-hydrogen) atoms. The third-order valence-electron chi connectivity index (χ3n) is 3.17. The zero-order chi connectivity index (χ0) is 14.5. The van der Waals surface area contributed by atoms with Crippen LogP contribution in [0.1, 0.15) is 5.56 Å². The highest BCUT2D eigenvalue weighted by Crippen LogP contribution is 2.26. The lowest BCUT2D eigenvalue weighted by Gasteiger charge is -2.10. The van der Waals surface area contributed by atoms with Crippen LogP contribution in [0, 0.1) is 0 Å². The van der Waals surface area contributed by atoms with Gasteiger partial charge in [-0.1, -0.05) is 24.3 Å². The Bertz CT molecular complexity index is 691. The lowest BCUT2D eigenvalue weighted by atomic mass is 10.2. The van der Waals surface area contributed by atoms with Gasteiger partial charge in [0, 0.05) is 12.4 Å². The van der Waals surface area contributed by atoms with Gasteiger partial charge in [-0.2, -0.15) is 5.10 Å². The van der Waals surface area contributed by atoms with Crippen LogP contribution in [0.2, 0.25) is 0 Å². The van der Waals surface area contributed by atoms with Crippen LogP contribution in [-0.4, -0.2) is 16.9 Å². The minimum absolute atomic E-state index is 0.500. The minimum Gasteiger partial charge on any atom is -0.493 e. The molecule has 1 heterocycles. The van der Waals surface area contributed by atoms with Crippen LogP contribution in [-0.2, 0) is 6.61 Å². The second kappa shape index (κ2) is 6.13. The molecule has 0 unspecified atom stereocenters. The summed E-state index contributed by atoms with van der Waals surface area (Å²) in [6.07, 6.45) is 3.68. The van der Waals surface area contributed by atoms with Gasteiger partial charge in [0.1, 0.15) is 6.61 Å². The quantitative estimate of drug-likeness (QED) is 0.718. The molecule has 1 aromatic heterocycles. The van der Waals surface area contributed by atoms with Crippen LogP contribution in [0.15, 0.2) is 67.0 Å². The Labute approximate surface area is 123 Å². The van der Waals surface area contributed by atoms with Crippen molar-refractivity contribution in [1.29, 1.82) is 0 Å². The molecule has 0 bridgehead atoms. The molecule has 0 saturated carbocycles. The van der Waals surface area contributed by atoms with Crippen molar-refractivity contribution in [2.45, 2.75) is 6.61 Å². The Balaban J connectivity index is 1.68. The predicted octanol–water partition coefficient (Wildman–Crippen LogP) is 3.46. The summed E-state index contributed by atoms with van der Waals surface area (Å²) in [6.45, 7) is 0.500. The molecule has 0 atom stereocenters. The molecule has 2 aromatic carbocycles. The first kappa shape index (κ1) is 13.2. The monoisotopic (exact) mass is 280 g/mol. The number of rotatable bonds is 5. The maximum atomic E-state index is 5.80. The summed E-state index contributed by atoms with van der Waals surface area (Å²) in [5.74, 6) is 1.49. The van der Waals surface area contributed by atoms with Crippen LogP contribution in [0.5, 0.6) is 11.5 Å². The number of aromatic nitrogens is 2. The Kier molecular flexibility index (Phi) is 3.87. The van der Waals surface area contributed by atoms with Crippen molar-refractivity contribution in [3.05, 3.63) is 72.6 Å². The van der Waals surface area contributed by atoms with Crippen LogP contribution in [0.4, 0.5) is 0 Å². The Hall–Kier alpha value is -2.75. The van der Waals surface area contributed by atoms with E-state index >= 15 is 0 Å². The largest absolute Gasteiger partial charge is 0.493 e. The van der Waals surface area contributed by atoms with Crippen LogP contribution < -0.4 is 9.47 Å². The molecule has 0 aliphatic carbocycles.